The molecule has 3 aromatic rings. The molecule has 3 N–H and O–H groups in total. The minimum Gasteiger partial charge on any atom is -0.439 e. The van der Waals surface area contributed by atoms with Gasteiger partial charge in [-0.15, -0.1) is 0 Å². The highest BCUT2D eigenvalue weighted by atomic mass is 28.3. The Bertz CT molecular complexity index is 990. The van der Waals surface area contributed by atoms with E-state index in [0.717, 1.165) is 34.8 Å². The normalized spacial score (nSPS) is 12.7. The van der Waals surface area contributed by atoms with Crippen LogP contribution in [0.3, 0.4) is 0 Å². The molecule has 2 heterocycles. The molecule has 0 saturated heterocycles. The number of pyridine rings is 1. The quantitative estimate of drug-likeness (QED) is 0.311. The zero-order valence-electron chi connectivity index (χ0n) is 17.1. The molecular weight excluding hydrogens is 382 g/mol. The molecule has 0 saturated carbocycles. The molecule has 7 nitrogen and oxygen atoms in total. The Morgan fingerprint density at radius 2 is 2.07 bits per heavy atom. The molecule has 0 unspecified atom stereocenters. The van der Waals surface area contributed by atoms with Gasteiger partial charge in [-0.3, -0.25) is 10.1 Å². The molecule has 0 atom stereocenters. The summed E-state index contributed by atoms with van der Waals surface area (Å²) < 4.78 is 11.5. The topological polar surface area (TPSA) is 98.4 Å². The van der Waals surface area contributed by atoms with E-state index in [2.05, 4.69) is 39.8 Å². The Morgan fingerprint density at radius 3 is 2.79 bits per heavy atom. The summed E-state index contributed by atoms with van der Waals surface area (Å²) in [6.07, 6.45) is 6.68. The lowest BCUT2D eigenvalue weighted by Gasteiger charge is -2.14. The number of rotatable bonds is 9. The van der Waals surface area contributed by atoms with Crippen LogP contribution in [0.15, 0.2) is 60.0 Å². The fraction of sp³-hybridized carbons (Fsp3) is 0.286. The number of aromatic nitrogens is 3. The van der Waals surface area contributed by atoms with E-state index in [9.17, 15) is 0 Å². The van der Waals surface area contributed by atoms with E-state index in [0.29, 0.717) is 18.4 Å². The van der Waals surface area contributed by atoms with Crippen LogP contribution in [0.5, 0.6) is 11.6 Å². The van der Waals surface area contributed by atoms with Crippen molar-refractivity contribution >= 4 is 24.7 Å². The highest BCUT2D eigenvalue weighted by Gasteiger charge is 2.12. The lowest BCUT2D eigenvalue weighted by Crippen LogP contribution is -2.21. The van der Waals surface area contributed by atoms with Crippen molar-refractivity contribution in [2.24, 2.45) is 10.7 Å². The molecule has 0 fully saturated rings. The van der Waals surface area contributed by atoms with Crippen molar-refractivity contribution in [1.82, 2.24) is 15.2 Å². The number of fused-ring (bicyclic) bond motifs is 1. The van der Waals surface area contributed by atoms with Crippen molar-refractivity contribution < 1.29 is 9.47 Å². The molecule has 0 bridgehead atoms. The first-order valence-corrected chi connectivity index (χ1v) is 13.2. The minimum absolute atomic E-state index is 0.299. The predicted molar refractivity (Wildman–Crippen MR) is 119 cm³/mol. The molecule has 0 amide bonds. The fourth-order valence-corrected chi connectivity index (χ4v) is 3.34. The first-order chi connectivity index (χ1) is 13.9. The first-order valence-electron chi connectivity index (χ1n) is 9.52. The standard InChI is InChI=1S/C21H27N5O2Si/c1-29(2,3)11-10-27-15-24-19(8-9-22)16-4-7-21(23-13-16)28-18-5-6-20-17(12-18)14-25-26-20/h4-9,12-14H,10-11,15,22H2,1-3H3,(H,25,26)/b9-8-,24-19-. The summed E-state index contributed by atoms with van der Waals surface area (Å²) in [6.45, 7) is 8.00. The van der Waals surface area contributed by atoms with Crippen molar-refractivity contribution in [1.29, 1.82) is 0 Å². The van der Waals surface area contributed by atoms with E-state index in [1.165, 1.54) is 6.20 Å². The molecule has 0 spiro atoms. The number of H-pyrrole nitrogens is 1. The molecule has 0 aliphatic rings. The number of benzene rings is 1. The van der Waals surface area contributed by atoms with Crippen LogP contribution in [0.1, 0.15) is 5.56 Å². The molecule has 3 rings (SSSR count). The lowest BCUT2D eigenvalue weighted by molar-refractivity contribution is 0.155. The fourth-order valence-electron chi connectivity index (χ4n) is 2.59. The number of nitrogens with two attached hydrogens (primary N) is 1. The molecule has 0 aliphatic heterocycles. The van der Waals surface area contributed by atoms with Crippen LogP contribution in [-0.4, -0.2) is 42.3 Å². The van der Waals surface area contributed by atoms with Gasteiger partial charge in [0.2, 0.25) is 5.88 Å². The summed E-state index contributed by atoms with van der Waals surface area (Å²) in [6, 6.07) is 10.5. The summed E-state index contributed by atoms with van der Waals surface area (Å²) in [5, 5.41) is 7.91. The van der Waals surface area contributed by atoms with Crippen LogP contribution in [0.4, 0.5) is 0 Å². The van der Waals surface area contributed by atoms with Crippen LogP contribution >= 0.6 is 0 Å². The van der Waals surface area contributed by atoms with Crippen molar-refractivity contribution in [3.05, 3.63) is 60.6 Å². The van der Waals surface area contributed by atoms with Gasteiger partial charge >= 0.3 is 0 Å². The number of hydrogen-bond acceptors (Lipinski definition) is 6. The van der Waals surface area contributed by atoms with Crippen LogP contribution in [0.2, 0.25) is 25.7 Å². The van der Waals surface area contributed by atoms with Gasteiger partial charge in [-0.2, -0.15) is 5.10 Å². The average molecular weight is 410 g/mol. The molecule has 0 aliphatic carbocycles. The van der Waals surface area contributed by atoms with Crippen molar-refractivity contribution in [2.45, 2.75) is 25.7 Å². The van der Waals surface area contributed by atoms with Crippen molar-refractivity contribution in [3.8, 4) is 11.6 Å². The minimum atomic E-state index is -1.10. The number of nitrogens with one attached hydrogen (secondary N) is 1. The molecular formula is C21H27N5O2Si. The van der Waals surface area contributed by atoms with E-state index in [-0.39, 0.29) is 0 Å². The zero-order chi connectivity index (χ0) is 20.7. The van der Waals surface area contributed by atoms with Crippen LogP contribution < -0.4 is 10.5 Å². The van der Waals surface area contributed by atoms with Gasteiger partial charge in [-0.05, 0) is 42.6 Å². The SMILES string of the molecule is C[Si](C)(C)CCOC/N=C(/C=C\N)c1ccc(Oc2ccc3[nH]ncc3c2)nc1. The molecule has 0 radical (unpaired) electrons. The predicted octanol–water partition coefficient (Wildman–Crippen LogP) is 4.32. The van der Waals surface area contributed by atoms with Crippen LogP contribution in [-0.2, 0) is 4.74 Å². The van der Waals surface area contributed by atoms with Crippen LogP contribution in [0.25, 0.3) is 10.9 Å². The van der Waals surface area contributed by atoms with Crippen molar-refractivity contribution in [3.63, 3.8) is 0 Å². The highest BCUT2D eigenvalue weighted by molar-refractivity contribution is 6.76. The van der Waals surface area contributed by atoms with E-state index in [4.69, 9.17) is 15.2 Å². The molecule has 152 valence electrons. The van der Waals surface area contributed by atoms with Gasteiger partial charge in [0.1, 0.15) is 12.5 Å². The number of allylic oxidation sites excluding steroid dienone is 1. The molecule has 29 heavy (non-hydrogen) atoms. The van der Waals surface area contributed by atoms with Crippen molar-refractivity contribution in [2.75, 3.05) is 13.3 Å². The van der Waals surface area contributed by atoms with Gasteiger partial charge in [0.25, 0.3) is 0 Å². The van der Waals surface area contributed by atoms with Gasteiger partial charge < -0.3 is 15.2 Å². The van der Waals surface area contributed by atoms with E-state index in [1.807, 2.05) is 24.3 Å². The number of hydrogen-bond donors (Lipinski definition) is 2. The molecule has 1 aromatic carbocycles. The number of nitrogens with zero attached hydrogens (tertiary/aromatic N) is 3. The Balaban J connectivity index is 1.63. The maximum Gasteiger partial charge on any atom is 0.219 e. The maximum atomic E-state index is 5.84. The third-order valence-corrected chi connectivity index (χ3v) is 5.95. The van der Waals surface area contributed by atoms with Gasteiger partial charge in [0.05, 0.1) is 17.4 Å². The zero-order valence-corrected chi connectivity index (χ0v) is 18.1. The summed E-state index contributed by atoms with van der Waals surface area (Å²) in [5.41, 5.74) is 8.10. The second-order valence-corrected chi connectivity index (χ2v) is 13.5. The average Bonchev–Trinajstić information content (AvgIpc) is 3.14. The Labute approximate surface area is 171 Å². The summed E-state index contributed by atoms with van der Waals surface area (Å²) in [4.78, 5) is 8.88. The Hall–Kier alpha value is -2.97. The first kappa shape index (κ1) is 20.8. The van der Waals surface area contributed by atoms with Gasteiger partial charge in [-0.1, -0.05) is 19.6 Å². The Kier molecular flexibility index (Phi) is 6.79. The lowest BCUT2D eigenvalue weighted by atomic mass is 10.2. The largest absolute Gasteiger partial charge is 0.439 e. The van der Waals surface area contributed by atoms with E-state index < -0.39 is 8.07 Å². The third-order valence-electron chi connectivity index (χ3n) is 4.24. The Morgan fingerprint density at radius 1 is 1.21 bits per heavy atom. The van der Waals surface area contributed by atoms with E-state index >= 15 is 0 Å². The molecule has 8 heteroatoms. The summed E-state index contributed by atoms with van der Waals surface area (Å²) in [7, 11) is -1.10. The molecule has 2 aromatic heterocycles. The second kappa shape index (κ2) is 9.49. The van der Waals surface area contributed by atoms with Gasteiger partial charge in [0, 0.05) is 37.9 Å². The van der Waals surface area contributed by atoms with E-state index in [1.54, 1.807) is 24.5 Å². The summed E-state index contributed by atoms with van der Waals surface area (Å²) >= 11 is 0. The summed E-state index contributed by atoms with van der Waals surface area (Å²) in [5.74, 6) is 1.20. The van der Waals surface area contributed by atoms with Crippen LogP contribution in [0, 0.1) is 0 Å². The monoisotopic (exact) mass is 409 g/mol. The third kappa shape index (κ3) is 6.26. The number of aromatic amines is 1. The van der Waals surface area contributed by atoms with Gasteiger partial charge in [-0.25, -0.2) is 4.98 Å². The number of ether oxygens (including phenoxy) is 2. The number of aliphatic imine (C=N–C) groups is 1. The van der Waals surface area contributed by atoms with Gasteiger partial charge in [0.15, 0.2) is 0 Å². The highest BCUT2D eigenvalue weighted by Crippen LogP contribution is 2.23. The second-order valence-electron chi connectivity index (χ2n) is 7.86. The maximum absolute atomic E-state index is 5.84. The smallest absolute Gasteiger partial charge is 0.219 e.